The Morgan fingerprint density at radius 3 is 3.00 bits per heavy atom. The normalized spacial score (nSPS) is 11.1. The van der Waals surface area contributed by atoms with Crippen LogP contribution in [0.25, 0.3) is 0 Å². The van der Waals surface area contributed by atoms with Crippen LogP contribution in [0.3, 0.4) is 0 Å². The van der Waals surface area contributed by atoms with E-state index in [9.17, 15) is 13.2 Å². The summed E-state index contributed by atoms with van der Waals surface area (Å²) >= 11 is 0.870. The Hall–Kier alpha value is -1.25. The van der Waals surface area contributed by atoms with Crippen LogP contribution in [0, 0.1) is 0 Å². The highest BCUT2D eigenvalue weighted by atomic mass is 32.2. The lowest BCUT2D eigenvalue weighted by Crippen LogP contribution is -2.25. The Morgan fingerprint density at radius 2 is 2.41 bits per heavy atom. The van der Waals surface area contributed by atoms with E-state index in [1.54, 1.807) is 6.08 Å². The summed E-state index contributed by atoms with van der Waals surface area (Å²) in [6.07, 6.45) is 2.10. The van der Waals surface area contributed by atoms with Crippen LogP contribution in [0.15, 0.2) is 22.4 Å². The smallest absolute Gasteiger partial charge is 0.358 e. The molecule has 0 aliphatic heterocycles. The van der Waals surface area contributed by atoms with Gasteiger partial charge < -0.3 is 4.74 Å². The molecule has 94 valence electrons. The van der Waals surface area contributed by atoms with Crippen LogP contribution in [0.2, 0.25) is 0 Å². The molecule has 0 saturated heterocycles. The van der Waals surface area contributed by atoms with Gasteiger partial charge in [-0.3, -0.25) is 0 Å². The van der Waals surface area contributed by atoms with Crippen LogP contribution in [-0.4, -0.2) is 33.0 Å². The van der Waals surface area contributed by atoms with E-state index >= 15 is 0 Å². The van der Waals surface area contributed by atoms with Gasteiger partial charge in [0, 0.05) is 6.54 Å². The number of sulfonamides is 1. The van der Waals surface area contributed by atoms with Crippen LogP contribution in [0.4, 0.5) is 0 Å². The van der Waals surface area contributed by atoms with Crippen LogP contribution in [0.5, 0.6) is 0 Å². The molecule has 1 aromatic rings. The third kappa shape index (κ3) is 3.35. The number of nitrogens with zero attached hydrogens (tertiary/aromatic N) is 1. The zero-order valence-electron chi connectivity index (χ0n) is 9.17. The molecular formula is C9H12N2O4S2. The van der Waals surface area contributed by atoms with E-state index in [1.165, 1.54) is 12.6 Å². The summed E-state index contributed by atoms with van der Waals surface area (Å²) in [4.78, 5) is 15.0. The maximum atomic E-state index is 11.8. The number of carbonyl (C=O) groups is 1. The van der Waals surface area contributed by atoms with Gasteiger partial charge in [-0.15, -0.1) is 17.9 Å². The van der Waals surface area contributed by atoms with Gasteiger partial charge in [-0.25, -0.2) is 22.9 Å². The second-order valence-electron chi connectivity index (χ2n) is 2.96. The lowest BCUT2D eigenvalue weighted by Gasteiger charge is -2.04. The molecule has 0 saturated carbocycles. The monoisotopic (exact) mass is 276 g/mol. The van der Waals surface area contributed by atoms with Gasteiger partial charge in [-0.1, -0.05) is 6.08 Å². The Labute approximate surface area is 103 Å². The van der Waals surface area contributed by atoms with Crippen molar-refractivity contribution in [3.05, 3.63) is 23.9 Å². The summed E-state index contributed by atoms with van der Waals surface area (Å²) in [5.41, 5.74) is 1.09. The molecule has 17 heavy (non-hydrogen) atoms. The molecule has 0 amide bonds. The first-order valence-electron chi connectivity index (χ1n) is 4.65. The first-order valence-corrected chi connectivity index (χ1v) is 7.01. The fraction of sp³-hybridized carbons (Fsp3) is 0.333. The SMILES string of the molecule is C=CCCNS(=O)(=O)c1scnc1C(=O)OC. The fourth-order valence-corrected chi connectivity index (χ4v) is 3.24. The predicted octanol–water partition coefficient (Wildman–Crippen LogP) is 0.784. The van der Waals surface area contributed by atoms with E-state index in [0.717, 1.165) is 11.3 Å². The highest BCUT2D eigenvalue weighted by Gasteiger charge is 2.25. The van der Waals surface area contributed by atoms with Gasteiger partial charge in [0.25, 0.3) is 10.0 Å². The molecule has 6 nitrogen and oxygen atoms in total. The second-order valence-corrected chi connectivity index (χ2v) is 5.77. The molecule has 0 aliphatic rings. The fourth-order valence-electron chi connectivity index (χ4n) is 1.02. The van der Waals surface area contributed by atoms with Crippen molar-refractivity contribution in [1.82, 2.24) is 9.71 Å². The van der Waals surface area contributed by atoms with Gasteiger partial charge in [0.05, 0.1) is 12.6 Å². The van der Waals surface area contributed by atoms with E-state index in [1.807, 2.05) is 0 Å². The van der Waals surface area contributed by atoms with E-state index in [2.05, 4.69) is 21.0 Å². The summed E-state index contributed by atoms with van der Waals surface area (Å²) in [5, 5.41) is 0. The predicted molar refractivity (Wildman–Crippen MR) is 63.5 cm³/mol. The third-order valence-corrected chi connectivity index (χ3v) is 4.63. The van der Waals surface area contributed by atoms with Crippen molar-refractivity contribution < 1.29 is 17.9 Å². The number of hydrogen-bond acceptors (Lipinski definition) is 6. The molecule has 0 fully saturated rings. The molecule has 0 atom stereocenters. The summed E-state index contributed by atoms with van der Waals surface area (Å²) in [6, 6.07) is 0. The van der Waals surface area contributed by atoms with Crippen molar-refractivity contribution in [2.75, 3.05) is 13.7 Å². The van der Waals surface area contributed by atoms with Gasteiger partial charge in [0.2, 0.25) is 0 Å². The zero-order chi connectivity index (χ0) is 12.9. The number of ether oxygens (including phenoxy) is 1. The Morgan fingerprint density at radius 1 is 1.71 bits per heavy atom. The summed E-state index contributed by atoms with van der Waals surface area (Å²) in [7, 11) is -2.55. The third-order valence-electron chi connectivity index (χ3n) is 1.80. The molecule has 0 radical (unpaired) electrons. The first-order chi connectivity index (χ1) is 8.03. The minimum absolute atomic E-state index is 0.131. The van der Waals surface area contributed by atoms with Gasteiger partial charge in [-0.2, -0.15) is 0 Å². The lowest BCUT2D eigenvalue weighted by atomic mass is 10.4. The average molecular weight is 276 g/mol. The molecule has 0 aromatic carbocycles. The number of carbonyl (C=O) groups excluding carboxylic acids is 1. The summed E-state index contributed by atoms with van der Waals surface area (Å²) < 4.78 is 30.3. The Balaban J connectivity index is 2.95. The van der Waals surface area contributed by atoms with E-state index < -0.39 is 16.0 Å². The average Bonchev–Trinajstić information content (AvgIpc) is 2.78. The highest BCUT2D eigenvalue weighted by molar-refractivity contribution is 7.91. The van der Waals surface area contributed by atoms with Gasteiger partial charge in [0.1, 0.15) is 0 Å². The van der Waals surface area contributed by atoms with Crippen molar-refractivity contribution in [2.45, 2.75) is 10.6 Å². The van der Waals surface area contributed by atoms with E-state index in [0.29, 0.717) is 6.42 Å². The molecule has 0 bridgehead atoms. The number of aromatic nitrogens is 1. The number of methoxy groups -OCH3 is 1. The van der Waals surface area contributed by atoms with Crippen LogP contribution in [0.1, 0.15) is 16.9 Å². The number of rotatable bonds is 6. The molecule has 1 rings (SSSR count). The molecule has 1 N–H and O–H groups in total. The molecular weight excluding hydrogens is 264 g/mol. The second kappa shape index (κ2) is 5.89. The maximum Gasteiger partial charge on any atom is 0.358 e. The minimum Gasteiger partial charge on any atom is -0.464 e. The molecule has 8 heteroatoms. The topological polar surface area (TPSA) is 85.4 Å². The largest absolute Gasteiger partial charge is 0.464 e. The molecule has 0 aliphatic carbocycles. The maximum absolute atomic E-state index is 11.8. The molecule has 0 unspecified atom stereocenters. The van der Waals surface area contributed by atoms with E-state index in [-0.39, 0.29) is 16.4 Å². The van der Waals surface area contributed by atoms with Crippen molar-refractivity contribution in [1.29, 1.82) is 0 Å². The number of hydrogen-bond donors (Lipinski definition) is 1. The number of thiazole rings is 1. The van der Waals surface area contributed by atoms with Crippen molar-refractivity contribution in [3.8, 4) is 0 Å². The van der Waals surface area contributed by atoms with Crippen molar-refractivity contribution in [2.24, 2.45) is 0 Å². The van der Waals surface area contributed by atoms with Crippen LogP contribution in [-0.2, 0) is 14.8 Å². The van der Waals surface area contributed by atoms with Crippen molar-refractivity contribution >= 4 is 27.3 Å². The zero-order valence-corrected chi connectivity index (χ0v) is 10.8. The quantitative estimate of drug-likeness (QED) is 0.471. The van der Waals surface area contributed by atoms with Crippen LogP contribution >= 0.6 is 11.3 Å². The van der Waals surface area contributed by atoms with Gasteiger partial charge >= 0.3 is 5.97 Å². The first kappa shape index (κ1) is 13.8. The molecule has 0 spiro atoms. The molecule has 1 heterocycles. The summed E-state index contributed by atoms with van der Waals surface area (Å²) in [6.45, 7) is 3.71. The Bertz CT molecular complexity index is 507. The van der Waals surface area contributed by atoms with Gasteiger partial charge in [0.15, 0.2) is 9.90 Å². The number of nitrogens with one attached hydrogen (secondary N) is 1. The Kier molecular flexibility index (Phi) is 4.79. The molecule has 1 aromatic heterocycles. The summed E-state index contributed by atoms with van der Waals surface area (Å²) in [5.74, 6) is -0.768. The number of esters is 1. The van der Waals surface area contributed by atoms with Crippen molar-refractivity contribution in [3.63, 3.8) is 0 Å². The van der Waals surface area contributed by atoms with Gasteiger partial charge in [-0.05, 0) is 6.42 Å². The van der Waals surface area contributed by atoms with Crippen LogP contribution < -0.4 is 4.72 Å². The highest BCUT2D eigenvalue weighted by Crippen LogP contribution is 2.20. The standard InChI is InChI=1S/C9H12N2O4S2/c1-3-4-5-11-17(13,14)9-7(8(12)15-2)10-6-16-9/h3,6,11H,1,4-5H2,2H3. The van der Waals surface area contributed by atoms with E-state index in [4.69, 9.17) is 0 Å². The lowest BCUT2D eigenvalue weighted by molar-refractivity contribution is 0.0590. The minimum atomic E-state index is -3.72.